The van der Waals surface area contributed by atoms with Crippen LogP contribution in [0.5, 0.6) is 17.2 Å². The molecule has 0 spiro atoms. The van der Waals surface area contributed by atoms with E-state index in [0.717, 1.165) is 22.6 Å². The largest absolute Gasteiger partial charge is 0.508 e. The fourth-order valence-corrected chi connectivity index (χ4v) is 3.94. The molecule has 1 heterocycles. The Morgan fingerprint density at radius 3 is 2.51 bits per heavy atom. The summed E-state index contributed by atoms with van der Waals surface area (Å²) in [5, 5.41) is 32.3. The zero-order valence-electron chi connectivity index (χ0n) is 19.0. The van der Waals surface area contributed by atoms with E-state index in [4.69, 9.17) is 4.74 Å². The first-order valence-corrected chi connectivity index (χ1v) is 11.6. The fraction of sp³-hybridized carbons (Fsp3) is 0.120. The first-order valence-electron chi connectivity index (χ1n) is 10.6. The van der Waals surface area contributed by atoms with E-state index in [0.29, 0.717) is 16.5 Å². The Morgan fingerprint density at radius 2 is 1.83 bits per heavy atom. The van der Waals surface area contributed by atoms with Crippen molar-refractivity contribution < 1.29 is 19.7 Å². The summed E-state index contributed by atoms with van der Waals surface area (Å²) >= 11 is 1.22. The summed E-state index contributed by atoms with van der Waals surface area (Å²) < 4.78 is 7.15. The van der Waals surface area contributed by atoms with Gasteiger partial charge >= 0.3 is 0 Å². The number of nitrogens with zero attached hydrogens (tertiary/aromatic N) is 4. The van der Waals surface area contributed by atoms with Crippen LogP contribution < -0.4 is 10.2 Å². The number of methoxy groups -OCH3 is 1. The minimum atomic E-state index is -0.353. The smallest absolute Gasteiger partial charge is 0.250 e. The maximum absolute atomic E-state index is 12.4. The Hall–Kier alpha value is -4.31. The molecule has 0 bridgehead atoms. The third-order valence-electron chi connectivity index (χ3n) is 5.01. The van der Waals surface area contributed by atoms with Crippen LogP contribution in [0.1, 0.15) is 11.1 Å². The summed E-state index contributed by atoms with van der Waals surface area (Å²) in [6.07, 6.45) is 1.30. The molecule has 0 unspecified atom stereocenters. The number of amides is 1. The maximum Gasteiger partial charge on any atom is 0.250 e. The van der Waals surface area contributed by atoms with Gasteiger partial charge in [-0.3, -0.25) is 9.36 Å². The first kappa shape index (κ1) is 23.8. The van der Waals surface area contributed by atoms with E-state index in [1.807, 2.05) is 60.0 Å². The Bertz CT molecular complexity index is 1350. The molecule has 0 aliphatic rings. The van der Waals surface area contributed by atoms with E-state index < -0.39 is 0 Å². The minimum absolute atomic E-state index is 0.0471. The molecule has 0 fully saturated rings. The van der Waals surface area contributed by atoms with E-state index in [-0.39, 0.29) is 23.2 Å². The second-order valence-corrected chi connectivity index (χ2v) is 8.47. The molecule has 4 rings (SSSR count). The molecule has 35 heavy (non-hydrogen) atoms. The van der Waals surface area contributed by atoms with Crippen molar-refractivity contribution in [2.75, 3.05) is 12.9 Å². The quantitative estimate of drug-likeness (QED) is 0.195. The van der Waals surface area contributed by atoms with Gasteiger partial charge in [0.1, 0.15) is 17.2 Å². The fourth-order valence-electron chi connectivity index (χ4n) is 3.19. The molecule has 0 atom stereocenters. The van der Waals surface area contributed by atoms with Crippen molar-refractivity contribution in [3.05, 3.63) is 77.9 Å². The number of phenols is 2. The van der Waals surface area contributed by atoms with Gasteiger partial charge in [0.05, 0.1) is 19.1 Å². The highest BCUT2D eigenvalue weighted by Gasteiger charge is 2.17. The third-order valence-corrected chi connectivity index (χ3v) is 5.94. The summed E-state index contributed by atoms with van der Waals surface area (Å²) in [6.45, 7) is 2.01. The topological polar surface area (TPSA) is 122 Å². The lowest BCUT2D eigenvalue weighted by atomic mass is 10.2. The van der Waals surface area contributed by atoms with Crippen LogP contribution in [-0.4, -0.2) is 50.0 Å². The summed E-state index contributed by atoms with van der Waals surface area (Å²) in [6, 6.07) is 19.6. The molecule has 1 aromatic heterocycles. The van der Waals surface area contributed by atoms with Crippen LogP contribution in [0.25, 0.3) is 17.1 Å². The Labute approximate surface area is 206 Å². The molecule has 0 aliphatic carbocycles. The molecular formula is C25H23N5O4S. The molecule has 0 radical (unpaired) electrons. The normalized spacial score (nSPS) is 11.0. The highest BCUT2D eigenvalue weighted by Crippen LogP contribution is 2.29. The van der Waals surface area contributed by atoms with Crippen molar-refractivity contribution in [3.8, 4) is 34.3 Å². The molecule has 0 aliphatic heterocycles. The molecule has 0 saturated heterocycles. The number of carbonyl (C=O) groups excluding carboxylic acids is 1. The van der Waals surface area contributed by atoms with Gasteiger partial charge in [-0.15, -0.1) is 10.2 Å². The zero-order valence-corrected chi connectivity index (χ0v) is 19.9. The number of ether oxygens (including phenoxy) is 1. The lowest BCUT2D eigenvalue weighted by Crippen LogP contribution is -2.20. The van der Waals surface area contributed by atoms with Crippen LogP contribution in [0, 0.1) is 6.92 Å². The van der Waals surface area contributed by atoms with E-state index in [2.05, 4.69) is 20.7 Å². The summed E-state index contributed by atoms with van der Waals surface area (Å²) in [4.78, 5) is 12.4. The van der Waals surface area contributed by atoms with Gasteiger partial charge in [-0.25, -0.2) is 5.43 Å². The molecule has 3 N–H and O–H groups in total. The second-order valence-electron chi connectivity index (χ2n) is 7.53. The van der Waals surface area contributed by atoms with Gasteiger partial charge in [-0.05, 0) is 55.5 Å². The van der Waals surface area contributed by atoms with Crippen LogP contribution in [0.15, 0.2) is 77.0 Å². The van der Waals surface area contributed by atoms with Crippen molar-refractivity contribution in [2.24, 2.45) is 5.10 Å². The molecular weight excluding hydrogens is 466 g/mol. The Kier molecular flexibility index (Phi) is 7.32. The number of carbonyl (C=O) groups is 1. The average Bonchev–Trinajstić information content (AvgIpc) is 3.28. The van der Waals surface area contributed by atoms with E-state index in [1.165, 1.54) is 36.2 Å². The highest BCUT2D eigenvalue weighted by molar-refractivity contribution is 7.99. The summed E-state index contributed by atoms with van der Waals surface area (Å²) in [5.74, 6) is 0.865. The van der Waals surface area contributed by atoms with Gasteiger partial charge in [-0.1, -0.05) is 29.5 Å². The van der Waals surface area contributed by atoms with E-state index in [1.54, 1.807) is 7.11 Å². The molecule has 3 aromatic carbocycles. The number of aromatic hydroxyl groups is 2. The SMILES string of the molecule is COc1ccc(-c2nnc(SCC(=O)NN=Cc3ccc(O)cc3O)n2-c2ccc(C)cc2)cc1. The van der Waals surface area contributed by atoms with Gasteiger partial charge < -0.3 is 14.9 Å². The number of aryl methyl sites for hydroxylation is 1. The molecule has 0 saturated carbocycles. The average molecular weight is 490 g/mol. The summed E-state index contributed by atoms with van der Waals surface area (Å²) in [7, 11) is 1.61. The number of hydrogen-bond donors (Lipinski definition) is 3. The lowest BCUT2D eigenvalue weighted by molar-refractivity contribution is -0.118. The number of thioether (sulfide) groups is 1. The number of hydrogen-bond acceptors (Lipinski definition) is 8. The lowest BCUT2D eigenvalue weighted by Gasteiger charge is -2.11. The molecule has 1 amide bonds. The Balaban J connectivity index is 1.51. The maximum atomic E-state index is 12.4. The first-order chi connectivity index (χ1) is 16.9. The predicted octanol–water partition coefficient (Wildman–Crippen LogP) is 3.90. The number of rotatable bonds is 8. The van der Waals surface area contributed by atoms with Gasteiger partial charge in [0.15, 0.2) is 11.0 Å². The second kappa shape index (κ2) is 10.7. The van der Waals surface area contributed by atoms with Crippen LogP contribution in [0.2, 0.25) is 0 Å². The van der Waals surface area contributed by atoms with Gasteiger partial charge in [0, 0.05) is 22.9 Å². The standard InChI is InChI=1S/C25H23N5O4S/c1-16-3-8-19(9-4-16)30-24(17-6-11-21(34-2)12-7-17)28-29-25(30)35-15-23(33)27-26-14-18-5-10-20(31)13-22(18)32/h3-14,31-32H,15H2,1-2H3,(H,27,33). The number of aromatic nitrogens is 3. The van der Waals surface area contributed by atoms with Gasteiger partial charge in [-0.2, -0.15) is 5.10 Å². The van der Waals surface area contributed by atoms with Crippen molar-refractivity contribution >= 4 is 23.9 Å². The van der Waals surface area contributed by atoms with Crippen molar-refractivity contribution in [3.63, 3.8) is 0 Å². The highest BCUT2D eigenvalue weighted by atomic mass is 32.2. The molecule has 178 valence electrons. The molecule has 10 heteroatoms. The monoisotopic (exact) mass is 489 g/mol. The van der Waals surface area contributed by atoms with Crippen LogP contribution in [-0.2, 0) is 4.79 Å². The number of hydrazone groups is 1. The number of benzene rings is 3. The van der Waals surface area contributed by atoms with Crippen LogP contribution in [0.4, 0.5) is 0 Å². The Morgan fingerprint density at radius 1 is 1.09 bits per heavy atom. The minimum Gasteiger partial charge on any atom is -0.508 e. The summed E-state index contributed by atoms with van der Waals surface area (Å²) in [5.41, 5.74) is 5.64. The van der Waals surface area contributed by atoms with Crippen molar-refractivity contribution in [1.82, 2.24) is 20.2 Å². The molecule has 4 aromatic rings. The van der Waals surface area contributed by atoms with Gasteiger partial charge in [0.25, 0.3) is 5.91 Å². The number of nitrogens with one attached hydrogen (secondary N) is 1. The predicted molar refractivity (Wildman–Crippen MR) is 134 cm³/mol. The van der Waals surface area contributed by atoms with Crippen LogP contribution in [0.3, 0.4) is 0 Å². The van der Waals surface area contributed by atoms with E-state index in [9.17, 15) is 15.0 Å². The number of phenolic OH excluding ortho intramolecular Hbond substituents is 2. The van der Waals surface area contributed by atoms with Crippen LogP contribution >= 0.6 is 11.8 Å². The van der Waals surface area contributed by atoms with E-state index >= 15 is 0 Å². The van der Waals surface area contributed by atoms with Crippen molar-refractivity contribution in [1.29, 1.82) is 0 Å². The molecule has 9 nitrogen and oxygen atoms in total. The third kappa shape index (κ3) is 5.79. The van der Waals surface area contributed by atoms with Gasteiger partial charge in [0.2, 0.25) is 0 Å². The zero-order chi connectivity index (χ0) is 24.8. The van der Waals surface area contributed by atoms with Crippen molar-refractivity contribution in [2.45, 2.75) is 12.1 Å².